The van der Waals surface area contributed by atoms with Crippen LogP contribution in [0, 0.1) is 0 Å². The number of hydrogen-bond acceptors (Lipinski definition) is 8. The van der Waals surface area contributed by atoms with Crippen LogP contribution in [0.3, 0.4) is 0 Å². The first kappa shape index (κ1) is 27.3. The van der Waals surface area contributed by atoms with E-state index in [1.807, 2.05) is 71.4 Å². The molecule has 0 spiro atoms. The minimum Gasteiger partial charge on any atom is -0.493 e. The lowest BCUT2D eigenvalue weighted by Crippen LogP contribution is -2.20. The highest BCUT2D eigenvalue weighted by atomic mass is 79.9. The van der Waals surface area contributed by atoms with Crippen LogP contribution in [0.1, 0.15) is 5.56 Å². The Morgan fingerprint density at radius 3 is 2.50 bits per heavy atom. The predicted octanol–water partition coefficient (Wildman–Crippen LogP) is 5.45. The van der Waals surface area contributed by atoms with Crippen molar-refractivity contribution in [3.05, 3.63) is 76.9 Å². The highest BCUT2D eigenvalue weighted by Crippen LogP contribution is 2.41. The van der Waals surface area contributed by atoms with Crippen molar-refractivity contribution in [3.63, 3.8) is 0 Å². The maximum Gasteiger partial charge on any atom is 0.250 e. The fourth-order valence-electron chi connectivity index (χ4n) is 4.13. The Morgan fingerprint density at radius 1 is 1.05 bits per heavy atom. The van der Waals surface area contributed by atoms with Crippen LogP contribution in [-0.4, -0.2) is 59.0 Å². The van der Waals surface area contributed by atoms with Crippen molar-refractivity contribution in [1.29, 1.82) is 0 Å². The number of fused-ring (bicyclic) bond motifs is 1. The number of halogens is 1. The third-order valence-electron chi connectivity index (χ3n) is 5.97. The molecule has 0 aliphatic heterocycles. The Morgan fingerprint density at radius 2 is 1.80 bits per heavy atom. The molecule has 40 heavy (non-hydrogen) atoms. The number of ether oxygens (including phenoxy) is 3. The van der Waals surface area contributed by atoms with Gasteiger partial charge in [0, 0.05) is 38.4 Å². The van der Waals surface area contributed by atoms with E-state index in [4.69, 9.17) is 14.2 Å². The van der Waals surface area contributed by atoms with Gasteiger partial charge in [-0.05, 0) is 42.5 Å². The van der Waals surface area contributed by atoms with E-state index in [0.717, 1.165) is 26.6 Å². The molecule has 10 nitrogen and oxygen atoms in total. The molecule has 3 aromatic carbocycles. The number of hydrogen-bond donors (Lipinski definition) is 2. The molecule has 5 rings (SSSR count). The summed E-state index contributed by atoms with van der Waals surface area (Å²) in [5.74, 6) is 1.82. The Bertz CT molecular complexity index is 1660. The average Bonchev–Trinajstić information content (AvgIpc) is 3.59. The lowest BCUT2D eigenvalue weighted by Gasteiger charge is -2.15. The molecular weight excluding hydrogens is 596 g/mol. The molecule has 0 saturated heterocycles. The van der Waals surface area contributed by atoms with Gasteiger partial charge in [-0.1, -0.05) is 45.9 Å². The number of aromatic amines is 1. The Balaban J connectivity index is 1.37. The van der Waals surface area contributed by atoms with Gasteiger partial charge < -0.3 is 19.2 Å². The van der Waals surface area contributed by atoms with E-state index in [-0.39, 0.29) is 11.7 Å². The smallest absolute Gasteiger partial charge is 0.250 e. The number of amides is 1. The summed E-state index contributed by atoms with van der Waals surface area (Å²) < 4.78 is 19.4. The van der Waals surface area contributed by atoms with E-state index in [9.17, 15) is 4.79 Å². The number of carbonyl (C=O) groups is 1. The van der Waals surface area contributed by atoms with Gasteiger partial charge in [0.2, 0.25) is 5.75 Å². The molecule has 2 heterocycles. The second-order valence-electron chi connectivity index (χ2n) is 8.41. The standard InChI is InChI=1S/C28H25BrN6O4S/c1-37-23-11-17(12-24(38-2)26(23)39-3)27-33-34-28(35(27)20-7-5-4-6-8-20)40-16-25(36)32-31-15-18-14-30-22-10-9-19(29)13-21(18)22/h4-15,30H,16H2,1-3H3,(H,32,36). The number of thioether (sulfide) groups is 1. The van der Waals surface area contributed by atoms with E-state index in [1.54, 1.807) is 27.5 Å². The van der Waals surface area contributed by atoms with Crippen LogP contribution >= 0.6 is 27.7 Å². The highest BCUT2D eigenvalue weighted by Gasteiger charge is 2.21. The van der Waals surface area contributed by atoms with Gasteiger partial charge in [0.15, 0.2) is 22.5 Å². The second-order valence-corrected chi connectivity index (χ2v) is 10.3. The van der Waals surface area contributed by atoms with Gasteiger partial charge in [-0.25, -0.2) is 5.43 Å². The van der Waals surface area contributed by atoms with Crippen LogP contribution in [-0.2, 0) is 4.79 Å². The summed E-state index contributed by atoms with van der Waals surface area (Å²) >= 11 is 4.73. The second kappa shape index (κ2) is 12.3. The van der Waals surface area contributed by atoms with Crippen molar-refractivity contribution >= 4 is 50.7 Å². The third-order valence-corrected chi connectivity index (χ3v) is 7.39. The summed E-state index contributed by atoms with van der Waals surface area (Å²) in [4.78, 5) is 15.8. The van der Waals surface area contributed by atoms with E-state index in [2.05, 4.69) is 41.6 Å². The van der Waals surface area contributed by atoms with Crippen LogP contribution in [0.4, 0.5) is 0 Å². The number of carbonyl (C=O) groups excluding carboxylic acids is 1. The summed E-state index contributed by atoms with van der Waals surface area (Å²) in [5.41, 5.74) is 5.98. The Kier molecular flexibility index (Phi) is 8.37. The molecule has 0 aliphatic rings. The number of aromatic nitrogens is 4. The van der Waals surface area contributed by atoms with E-state index >= 15 is 0 Å². The molecule has 0 unspecified atom stereocenters. The van der Waals surface area contributed by atoms with Crippen molar-refractivity contribution in [2.24, 2.45) is 5.10 Å². The molecule has 0 fully saturated rings. The lowest BCUT2D eigenvalue weighted by atomic mass is 10.1. The fraction of sp³-hybridized carbons (Fsp3) is 0.143. The lowest BCUT2D eigenvalue weighted by molar-refractivity contribution is -0.118. The van der Waals surface area contributed by atoms with E-state index < -0.39 is 0 Å². The molecule has 1 amide bonds. The SMILES string of the molecule is COc1cc(-c2nnc(SCC(=O)NN=Cc3c[nH]c4ccc(Br)cc34)n2-c2ccccc2)cc(OC)c1OC. The van der Waals surface area contributed by atoms with Crippen LogP contribution < -0.4 is 19.6 Å². The van der Waals surface area contributed by atoms with Crippen molar-refractivity contribution < 1.29 is 19.0 Å². The molecule has 2 N–H and O–H groups in total. The number of nitrogens with one attached hydrogen (secondary N) is 2. The van der Waals surface area contributed by atoms with Gasteiger partial charge >= 0.3 is 0 Å². The quantitative estimate of drug-likeness (QED) is 0.121. The summed E-state index contributed by atoms with van der Waals surface area (Å²) in [6, 6.07) is 19.2. The number of nitrogens with zero attached hydrogens (tertiary/aromatic N) is 4. The largest absolute Gasteiger partial charge is 0.493 e. The minimum absolute atomic E-state index is 0.0804. The molecule has 204 valence electrons. The van der Waals surface area contributed by atoms with Gasteiger partial charge in [-0.15, -0.1) is 10.2 Å². The van der Waals surface area contributed by atoms with Gasteiger partial charge in [0.05, 0.1) is 33.3 Å². The zero-order valence-corrected chi connectivity index (χ0v) is 24.2. The molecule has 0 bridgehead atoms. The number of rotatable bonds is 10. The molecule has 0 atom stereocenters. The monoisotopic (exact) mass is 620 g/mol. The summed E-state index contributed by atoms with van der Waals surface area (Å²) in [7, 11) is 4.67. The number of hydrazone groups is 1. The fourth-order valence-corrected chi connectivity index (χ4v) is 5.23. The molecule has 0 radical (unpaired) electrons. The van der Waals surface area contributed by atoms with Crippen LogP contribution in [0.15, 0.2) is 81.6 Å². The first-order chi connectivity index (χ1) is 19.5. The van der Waals surface area contributed by atoms with Gasteiger partial charge in [-0.3, -0.25) is 9.36 Å². The average molecular weight is 622 g/mol. The van der Waals surface area contributed by atoms with Crippen molar-refractivity contribution in [2.45, 2.75) is 5.16 Å². The van der Waals surface area contributed by atoms with Crippen LogP contribution in [0.5, 0.6) is 17.2 Å². The highest BCUT2D eigenvalue weighted by molar-refractivity contribution is 9.10. The van der Waals surface area contributed by atoms with Crippen molar-refractivity contribution in [1.82, 2.24) is 25.2 Å². The first-order valence-corrected chi connectivity index (χ1v) is 13.8. The summed E-state index contributed by atoms with van der Waals surface area (Å²) in [5, 5.41) is 14.5. The van der Waals surface area contributed by atoms with Crippen molar-refractivity contribution in [2.75, 3.05) is 27.1 Å². The summed E-state index contributed by atoms with van der Waals surface area (Å²) in [6.07, 6.45) is 3.46. The Labute approximate surface area is 242 Å². The van der Waals surface area contributed by atoms with Gasteiger partial charge in [0.25, 0.3) is 5.91 Å². The molecule has 0 saturated carbocycles. The van der Waals surface area contributed by atoms with Crippen molar-refractivity contribution in [3.8, 4) is 34.3 Å². The first-order valence-electron chi connectivity index (χ1n) is 12.0. The molecule has 5 aromatic rings. The van der Waals surface area contributed by atoms with Gasteiger partial charge in [0.1, 0.15) is 0 Å². The summed E-state index contributed by atoms with van der Waals surface area (Å²) in [6.45, 7) is 0. The maximum absolute atomic E-state index is 12.7. The molecule has 12 heteroatoms. The number of para-hydroxylation sites is 1. The zero-order valence-electron chi connectivity index (χ0n) is 21.8. The maximum atomic E-state index is 12.7. The minimum atomic E-state index is -0.279. The topological polar surface area (TPSA) is 116 Å². The Hall–Kier alpha value is -4.29. The number of benzene rings is 3. The van der Waals surface area contributed by atoms with E-state index in [0.29, 0.717) is 33.8 Å². The third kappa shape index (κ3) is 5.68. The van der Waals surface area contributed by atoms with E-state index in [1.165, 1.54) is 11.8 Å². The normalized spacial score (nSPS) is 11.2. The molecular formula is C28H25BrN6O4S. The number of methoxy groups -OCH3 is 3. The van der Waals surface area contributed by atoms with Gasteiger partial charge in [-0.2, -0.15) is 5.10 Å². The predicted molar refractivity (Wildman–Crippen MR) is 159 cm³/mol. The molecule has 0 aliphatic carbocycles. The van der Waals surface area contributed by atoms with Crippen LogP contribution in [0.25, 0.3) is 28.0 Å². The number of H-pyrrole nitrogens is 1. The zero-order chi connectivity index (χ0) is 28.1. The molecule has 2 aromatic heterocycles. The van der Waals surface area contributed by atoms with Crippen LogP contribution in [0.2, 0.25) is 0 Å².